The Balaban J connectivity index is 0.00000180. The van der Waals surface area contributed by atoms with Crippen molar-refractivity contribution < 1.29 is 8.78 Å². The minimum absolute atomic E-state index is 0. The summed E-state index contributed by atoms with van der Waals surface area (Å²) in [4.78, 5) is 2.02. The predicted octanol–water partition coefficient (Wildman–Crippen LogP) is 4.12. The number of rotatable bonds is 3. The zero-order valence-electron chi connectivity index (χ0n) is 10.9. The molecule has 2 aromatic carbocycles. The standard InChI is InChI=1S/C15H15F2N.ClH/c1-18(2)10-11-5-3-4-6-15(11)12-7-13(16)9-14(17)8-12;/h3-9H,10H2,1-2H3;1H. The van der Waals surface area contributed by atoms with Crippen LogP contribution < -0.4 is 0 Å². The van der Waals surface area contributed by atoms with Crippen molar-refractivity contribution in [2.24, 2.45) is 0 Å². The van der Waals surface area contributed by atoms with Gasteiger partial charge in [-0.1, -0.05) is 24.3 Å². The summed E-state index contributed by atoms with van der Waals surface area (Å²) >= 11 is 0. The fraction of sp³-hybridized carbons (Fsp3) is 0.200. The molecule has 102 valence electrons. The van der Waals surface area contributed by atoms with Crippen molar-refractivity contribution in [2.45, 2.75) is 6.54 Å². The monoisotopic (exact) mass is 283 g/mol. The van der Waals surface area contributed by atoms with Crippen LogP contribution in [0, 0.1) is 11.6 Å². The van der Waals surface area contributed by atoms with Crippen LogP contribution in [0.15, 0.2) is 42.5 Å². The van der Waals surface area contributed by atoms with Gasteiger partial charge in [-0.25, -0.2) is 8.78 Å². The summed E-state index contributed by atoms with van der Waals surface area (Å²) in [7, 11) is 3.92. The van der Waals surface area contributed by atoms with Crippen LogP contribution in [0.5, 0.6) is 0 Å². The van der Waals surface area contributed by atoms with Crippen LogP contribution in [0.1, 0.15) is 5.56 Å². The molecule has 0 radical (unpaired) electrons. The zero-order chi connectivity index (χ0) is 13.1. The second-order valence-electron chi connectivity index (χ2n) is 4.55. The lowest BCUT2D eigenvalue weighted by Crippen LogP contribution is -2.11. The average molecular weight is 284 g/mol. The summed E-state index contributed by atoms with van der Waals surface area (Å²) in [5.41, 5.74) is 2.49. The van der Waals surface area contributed by atoms with E-state index in [4.69, 9.17) is 0 Å². The molecular weight excluding hydrogens is 268 g/mol. The SMILES string of the molecule is CN(C)Cc1ccccc1-c1cc(F)cc(F)c1.Cl. The molecule has 0 saturated carbocycles. The molecule has 0 N–H and O–H groups in total. The van der Waals surface area contributed by atoms with Gasteiger partial charge in [-0.3, -0.25) is 0 Å². The fourth-order valence-electron chi connectivity index (χ4n) is 1.99. The van der Waals surface area contributed by atoms with Gasteiger partial charge in [0.25, 0.3) is 0 Å². The number of hydrogen-bond donors (Lipinski definition) is 0. The molecule has 0 saturated heterocycles. The Kier molecular flexibility index (Phi) is 5.45. The molecule has 0 aliphatic carbocycles. The van der Waals surface area contributed by atoms with Gasteiger partial charge in [0.15, 0.2) is 0 Å². The average Bonchev–Trinajstić information content (AvgIpc) is 2.27. The van der Waals surface area contributed by atoms with Crippen LogP contribution >= 0.6 is 12.4 Å². The highest BCUT2D eigenvalue weighted by Crippen LogP contribution is 2.26. The lowest BCUT2D eigenvalue weighted by Gasteiger charge is -2.14. The van der Waals surface area contributed by atoms with Gasteiger partial charge in [0.05, 0.1) is 0 Å². The molecule has 0 amide bonds. The molecule has 1 nitrogen and oxygen atoms in total. The van der Waals surface area contributed by atoms with Crippen molar-refractivity contribution in [3.8, 4) is 11.1 Å². The molecule has 19 heavy (non-hydrogen) atoms. The Morgan fingerprint density at radius 3 is 2.11 bits per heavy atom. The molecular formula is C15H16ClF2N. The topological polar surface area (TPSA) is 3.24 Å². The molecule has 0 spiro atoms. The minimum atomic E-state index is -0.551. The maximum Gasteiger partial charge on any atom is 0.126 e. The van der Waals surface area contributed by atoms with Crippen LogP contribution in [-0.4, -0.2) is 19.0 Å². The molecule has 0 unspecified atom stereocenters. The molecule has 4 heteroatoms. The lowest BCUT2D eigenvalue weighted by molar-refractivity contribution is 0.403. The Bertz CT molecular complexity index is 535. The summed E-state index contributed by atoms with van der Waals surface area (Å²) in [6.07, 6.45) is 0. The second-order valence-corrected chi connectivity index (χ2v) is 4.55. The maximum absolute atomic E-state index is 13.3. The highest BCUT2D eigenvalue weighted by Gasteiger charge is 2.08. The third-order valence-electron chi connectivity index (χ3n) is 2.68. The minimum Gasteiger partial charge on any atom is -0.305 e. The summed E-state index contributed by atoms with van der Waals surface area (Å²) in [6, 6.07) is 11.3. The Hall–Kier alpha value is -1.45. The molecule has 0 bridgehead atoms. The molecule has 0 aliphatic heterocycles. The van der Waals surface area contributed by atoms with Crippen molar-refractivity contribution in [1.82, 2.24) is 4.90 Å². The number of benzene rings is 2. The molecule has 0 aliphatic rings. The van der Waals surface area contributed by atoms with E-state index in [1.807, 2.05) is 43.3 Å². The van der Waals surface area contributed by atoms with Crippen LogP contribution in [0.2, 0.25) is 0 Å². The third-order valence-corrected chi connectivity index (χ3v) is 2.68. The van der Waals surface area contributed by atoms with Crippen molar-refractivity contribution in [3.05, 3.63) is 59.7 Å². The van der Waals surface area contributed by atoms with E-state index < -0.39 is 11.6 Å². The van der Waals surface area contributed by atoms with Gasteiger partial charge in [-0.05, 0) is 42.9 Å². The predicted molar refractivity (Wildman–Crippen MR) is 76.4 cm³/mol. The first kappa shape index (κ1) is 15.6. The van der Waals surface area contributed by atoms with Gasteiger partial charge in [-0.2, -0.15) is 0 Å². The normalized spacial score (nSPS) is 10.4. The molecule has 0 fully saturated rings. The Labute approximate surface area is 118 Å². The van der Waals surface area contributed by atoms with Crippen LogP contribution in [0.3, 0.4) is 0 Å². The van der Waals surface area contributed by atoms with E-state index in [0.29, 0.717) is 5.56 Å². The Morgan fingerprint density at radius 1 is 0.947 bits per heavy atom. The van der Waals surface area contributed by atoms with Crippen molar-refractivity contribution >= 4 is 12.4 Å². The van der Waals surface area contributed by atoms with Crippen LogP contribution in [-0.2, 0) is 6.54 Å². The van der Waals surface area contributed by atoms with E-state index in [0.717, 1.165) is 23.7 Å². The number of hydrogen-bond acceptors (Lipinski definition) is 1. The van der Waals surface area contributed by atoms with Crippen LogP contribution in [0.25, 0.3) is 11.1 Å². The van der Waals surface area contributed by atoms with Crippen molar-refractivity contribution in [3.63, 3.8) is 0 Å². The van der Waals surface area contributed by atoms with Gasteiger partial charge < -0.3 is 4.90 Å². The van der Waals surface area contributed by atoms with Gasteiger partial charge in [0.2, 0.25) is 0 Å². The van der Waals surface area contributed by atoms with E-state index >= 15 is 0 Å². The van der Waals surface area contributed by atoms with Crippen molar-refractivity contribution in [1.29, 1.82) is 0 Å². The second kappa shape index (κ2) is 6.64. The van der Waals surface area contributed by atoms with E-state index in [1.165, 1.54) is 12.1 Å². The van der Waals surface area contributed by atoms with E-state index in [2.05, 4.69) is 0 Å². The first-order valence-corrected chi connectivity index (χ1v) is 5.75. The molecule has 0 atom stereocenters. The summed E-state index contributed by atoms with van der Waals surface area (Å²) in [6.45, 7) is 0.730. The van der Waals surface area contributed by atoms with Crippen molar-refractivity contribution in [2.75, 3.05) is 14.1 Å². The van der Waals surface area contributed by atoms with Gasteiger partial charge in [0, 0.05) is 12.6 Å². The Morgan fingerprint density at radius 2 is 1.53 bits per heavy atom. The number of nitrogens with zero attached hydrogens (tertiary/aromatic N) is 1. The highest BCUT2D eigenvalue weighted by molar-refractivity contribution is 5.85. The highest BCUT2D eigenvalue weighted by atomic mass is 35.5. The zero-order valence-corrected chi connectivity index (χ0v) is 11.7. The number of halogens is 3. The lowest BCUT2D eigenvalue weighted by atomic mass is 9.99. The molecule has 0 aromatic heterocycles. The fourth-order valence-corrected chi connectivity index (χ4v) is 1.99. The summed E-state index contributed by atoms with van der Waals surface area (Å²) in [5, 5.41) is 0. The molecule has 2 aromatic rings. The van der Waals surface area contributed by atoms with Gasteiger partial charge in [-0.15, -0.1) is 12.4 Å². The summed E-state index contributed by atoms with van der Waals surface area (Å²) < 4.78 is 26.5. The van der Waals surface area contributed by atoms with Gasteiger partial charge >= 0.3 is 0 Å². The molecule has 0 heterocycles. The smallest absolute Gasteiger partial charge is 0.126 e. The first-order valence-electron chi connectivity index (χ1n) is 5.75. The molecule has 2 rings (SSSR count). The van der Waals surface area contributed by atoms with E-state index in [1.54, 1.807) is 0 Å². The van der Waals surface area contributed by atoms with Gasteiger partial charge in [0.1, 0.15) is 11.6 Å². The van der Waals surface area contributed by atoms with E-state index in [-0.39, 0.29) is 12.4 Å². The first-order chi connectivity index (χ1) is 8.56. The van der Waals surface area contributed by atoms with Crippen LogP contribution in [0.4, 0.5) is 8.78 Å². The van der Waals surface area contributed by atoms with E-state index in [9.17, 15) is 8.78 Å². The third kappa shape index (κ3) is 4.01. The summed E-state index contributed by atoms with van der Waals surface area (Å²) in [5.74, 6) is -1.10. The largest absolute Gasteiger partial charge is 0.305 e. The quantitative estimate of drug-likeness (QED) is 0.819. The maximum atomic E-state index is 13.3.